The Morgan fingerprint density at radius 3 is 2.54 bits per heavy atom. The van der Waals surface area contributed by atoms with Crippen LogP contribution in [0.15, 0.2) is 72.9 Å². The van der Waals surface area contributed by atoms with Gasteiger partial charge in [0.2, 0.25) is 0 Å². The van der Waals surface area contributed by atoms with Gasteiger partial charge in [-0.05, 0) is 53.4 Å². The van der Waals surface area contributed by atoms with Crippen LogP contribution >= 0.6 is 0 Å². The molecule has 0 aliphatic rings. The molecule has 0 saturated carbocycles. The van der Waals surface area contributed by atoms with Crippen molar-refractivity contribution in [2.45, 2.75) is 38.4 Å². The van der Waals surface area contributed by atoms with E-state index >= 15 is 0 Å². The van der Waals surface area contributed by atoms with E-state index in [0.29, 0.717) is 23.5 Å². The number of carbonyl (C=O) groups excluding carboxylic acids is 1. The summed E-state index contributed by atoms with van der Waals surface area (Å²) in [6.45, 7) is 2.61. The molecule has 3 N–H and O–H groups in total. The highest BCUT2D eigenvalue weighted by Crippen LogP contribution is 2.31. The lowest BCUT2D eigenvalue weighted by molar-refractivity contribution is -0.153. The van der Waals surface area contributed by atoms with Gasteiger partial charge >= 0.3 is 6.18 Å². The summed E-state index contributed by atoms with van der Waals surface area (Å²) in [4.78, 5) is 16.8. The molecule has 0 saturated heterocycles. The molecule has 1 heterocycles. The van der Waals surface area contributed by atoms with Crippen molar-refractivity contribution in [2.75, 3.05) is 19.8 Å². The maximum atomic E-state index is 13.5. The number of amides is 1. The van der Waals surface area contributed by atoms with Crippen molar-refractivity contribution in [1.29, 1.82) is 0 Å². The zero-order valence-corrected chi connectivity index (χ0v) is 21.7. The Bertz CT molecular complexity index is 1420. The number of hydrogen-bond acceptors (Lipinski definition) is 4. The minimum absolute atomic E-state index is 0.0648. The van der Waals surface area contributed by atoms with Crippen molar-refractivity contribution < 1.29 is 32.5 Å². The van der Waals surface area contributed by atoms with Gasteiger partial charge in [-0.15, -0.1) is 0 Å². The second kappa shape index (κ2) is 12.3. The van der Waals surface area contributed by atoms with E-state index in [1.54, 1.807) is 30.3 Å². The summed E-state index contributed by atoms with van der Waals surface area (Å²) in [6, 6.07) is 18.5. The first kappa shape index (κ1) is 28.0. The van der Waals surface area contributed by atoms with Crippen LogP contribution in [-0.2, 0) is 0 Å². The summed E-state index contributed by atoms with van der Waals surface area (Å²) in [7, 11) is 0. The second-order valence-corrected chi connectivity index (χ2v) is 9.33. The number of rotatable bonds is 11. The fraction of sp³-hybridized carbons (Fsp3) is 0.300. The van der Waals surface area contributed by atoms with Crippen molar-refractivity contribution in [3.8, 4) is 22.6 Å². The number of halogens is 3. The molecule has 2 atom stereocenters. The number of hydrogen-bond donors (Lipinski definition) is 3. The van der Waals surface area contributed by atoms with E-state index in [1.165, 1.54) is 12.1 Å². The minimum atomic E-state index is -4.45. The number of ether oxygens (including phenoxy) is 2. The van der Waals surface area contributed by atoms with E-state index in [4.69, 9.17) is 9.47 Å². The molecule has 4 aromatic rings. The molecule has 0 bridgehead atoms. The topological polar surface area (TPSA) is 83.6 Å². The zero-order chi connectivity index (χ0) is 28.0. The van der Waals surface area contributed by atoms with E-state index in [-0.39, 0.29) is 23.8 Å². The lowest BCUT2D eigenvalue weighted by Crippen LogP contribution is -2.41. The molecule has 0 fully saturated rings. The Hall–Kier alpha value is -3.98. The summed E-state index contributed by atoms with van der Waals surface area (Å²) in [6.07, 6.45) is -1.83. The van der Waals surface area contributed by atoms with Crippen molar-refractivity contribution >= 4 is 16.8 Å². The van der Waals surface area contributed by atoms with E-state index in [9.17, 15) is 23.1 Å². The third-order valence-corrected chi connectivity index (χ3v) is 6.48. The van der Waals surface area contributed by atoms with Crippen LogP contribution in [0.25, 0.3) is 22.0 Å². The lowest BCUT2D eigenvalue weighted by atomic mass is 9.93. The molecule has 0 spiro atoms. The quantitative estimate of drug-likeness (QED) is 0.204. The normalized spacial score (nSPS) is 13.2. The second-order valence-electron chi connectivity index (χ2n) is 9.33. The molecule has 0 radical (unpaired) electrons. The van der Waals surface area contributed by atoms with Crippen LogP contribution < -0.4 is 14.8 Å². The number of nitrogens with one attached hydrogen (secondary N) is 2. The van der Waals surface area contributed by atoms with Gasteiger partial charge in [0.25, 0.3) is 5.91 Å². The van der Waals surface area contributed by atoms with Crippen LogP contribution in [0.5, 0.6) is 11.5 Å². The molecule has 4 rings (SSSR count). The van der Waals surface area contributed by atoms with Crippen LogP contribution in [0.2, 0.25) is 0 Å². The average Bonchev–Trinajstić information content (AvgIpc) is 3.37. The van der Waals surface area contributed by atoms with Gasteiger partial charge in [-0.25, -0.2) is 0 Å². The summed E-state index contributed by atoms with van der Waals surface area (Å²) < 4.78 is 48.5. The number of alkyl halides is 3. The maximum absolute atomic E-state index is 13.5. The third-order valence-electron chi connectivity index (χ3n) is 6.48. The molecule has 3 aromatic carbocycles. The lowest BCUT2D eigenvalue weighted by Gasteiger charge is -2.24. The van der Waals surface area contributed by atoms with Gasteiger partial charge in [0, 0.05) is 23.0 Å². The molecule has 1 unspecified atom stereocenters. The molecular weight excluding hydrogens is 509 g/mol. The highest BCUT2D eigenvalue weighted by molar-refractivity contribution is 5.98. The molecular formula is C30H31F3N2O4. The van der Waals surface area contributed by atoms with E-state index in [1.807, 2.05) is 44.3 Å². The van der Waals surface area contributed by atoms with Crippen molar-refractivity contribution in [3.05, 3.63) is 84.1 Å². The van der Waals surface area contributed by atoms with E-state index in [2.05, 4.69) is 10.3 Å². The molecule has 9 heteroatoms. The largest absolute Gasteiger partial charge is 0.493 e. The fourth-order valence-electron chi connectivity index (χ4n) is 4.42. The predicted molar refractivity (Wildman–Crippen MR) is 144 cm³/mol. The number of aliphatic hydroxyl groups is 1. The van der Waals surface area contributed by atoms with Gasteiger partial charge in [-0.3, -0.25) is 4.79 Å². The summed E-state index contributed by atoms with van der Waals surface area (Å²) in [5, 5.41) is 14.2. The molecule has 0 aliphatic carbocycles. The molecule has 0 aliphatic heterocycles. The molecule has 39 heavy (non-hydrogen) atoms. The van der Waals surface area contributed by atoms with Crippen LogP contribution in [0.3, 0.4) is 0 Å². The SMILES string of the molecule is CCCOc1ccc(-c2cccc(OCC(F)(F)F)c2)cc1C(=O)NC(CO)[C@H](C)c1c[nH]c2ccccc12. The smallest absolute Gasteiger partial charge is 0.422 e. The van der Waals surface area contributed by atoms with Gasteiger partial charge in [-0.2, -0.15) is 13.2 Å². The van der Waals surface area contributed by atoms with Gasteiger partial charge in [0.1, 0.15) is 11.5 Å². The molecule has 6 nitrogen and oxygen atoms in total. The van der Waals surface area contributed by atoms with Crippen molar-refractivity contribution in [2.24, 2.45) is 0 Å². The van der Waals surface area contributed by atoms with Crippen LogP contribution in [0.4, 0.5) is 13.2 Å². The number of para-hydroxylation sites is 1. The van der Waals surface area contributed by atoms with Gasteiger partial charge in [-0.1, -0.05) is 50.2 Å². The Balaban J connectivity index is 1.61. The summed E-state index contributed by atoms with van der Waals surface area (Å²) in [5.74, 6) is -0.201. The predicted octanol–water partition coefficient (Wildman–Crippen LogP) is 6.46. The first-order chi connectivity index (χ1) is 18.7. The van der Waals surface area contributed by atoms with Crippen LogP contribution in [0.1, 0.15) is 42.1 Å². The number of aromatic nitrogens is 1. The number of carbonyl (C=O) groups is 1. The Kier molecular flexibility index (Phi) is 8.81. The van der Waals surface area contributed by atoms with E-state index in [0.717, 1.165) is 22.9 Å². The number of aromatic amines is 1. The third kappa shape index (κ3) is 6.92. The van der Waals surface area contributed by atoms with E-state index < -0.39 is 24.7 Å². The molecule has 1 amide bonds. The fourth-order valence-corrected chi connectivity index (χ4v) is 4.42. The monoisotopic (exact) mass is 540 g/mol. The van der Waals surface area contributed by atoms with Crippen molar-refractivity contribution in [3.63, 3.8) is 0 Å². The molecule has 206 valence electrons. The highest BCUT2D eigenvalue weighted by atomic mass is 19.4. The Morgan fingerprint density at radius 2 is 1.79 bits per heavy atom. The van der Waals surface area contributed by atoms with Gasteiger partial charge in [0.15, 0.2) is 6.61 Å². The minimum Gasteiger partial charge on any atom is -0.493 e. The highest BCUT2D eigenvalue weighted by Gasteiger charge is 2.28. The Morgan fingerprint density at radius 1 is 1.03 bits per heavy atom. The van der Waals surface area contributed by atoms with Gasteiger partial charge < -0.3 is 24.9 Å². The number of H-pyrrole nitrogens is 1. The summed E-state index contributed by atoms with van der Waals surface area (Å²) in [5.41, 5.74) is 3.37. The number of fused-ring (bicyclic) bond motifs is 1. The maximum Gasteiger partial charge on any atom is 0.422 e. The van der Waals surface area contributed by atoms with Crippen LogP contribution in [0, 0.1) is 0 Å². The number of benzene rings is 3. The zero-order valence-electron chi connectivity index (χ0n) is 21.7. The number of aliphatic hydroxyl groups excluding tert-OH is 1. The molecule has 1 aromatic heterocycles. The Labute approximate surface area is 224 Å². The first-order valence-corrected chi connectivity index (χ1v) is 12.7. The first-order valence-electron chi connectivity index (χ1n) is 12.7. The van der Waals surface area contributed by atoms with Crippen molar-refractivity contribution in [1.82, 2.24) is 10.3 Å². The summed E-state index contributed by atoms with van der Waals surface area (Å²) >= 11 is 0. The standard InChI is InChI=1S/C30H31F3N2O4/c1-3-13-38-28-12-11-21(20-7-6-8-22(14-20)39-18-30(31,32)33)15-24(28)29(37)35-27(17-36)19(2)25-16-34-26-10-5-4-9-23(25)26/h4-12,14-16,19,27,34,36H,3,13,17-18H2,1-2H3,(H,35,37)/t19-,27?/m1/s1. The van der Waals surface area contributed by atoms with Crippen LogP contribution in [-0.4, -0.2) is 48.0 Å². The van der Waals surface area contributed by atoms with Gasteiger partial charge in [0.05, 0.1) is 24.8 Å². The average molecular weight is 541 g/mol.